The minimum atomic E-state index is -0.192. The lowest BCUT2D eigenvalue weighted by molar-refractivity contribution is 0.241. The topological polar surface area (TPSA) is 38.2 Å². The molecule has 0 unspecified atom stereocenters. The van der Waals surface area contributed by atoms with Crippen molar-refractivity contribution in [2.45, 2.75) is 19.6 Å². The summed E-state index contributed by atoms with van der Waals surface area (Å²) in [7, 11) is 1.65. The summed E-state index contributed by atoms with van der Waals surface area (Å²) >= 11 is 0. The third kappa shape index (κ3) is 4.76. The van der Waals surface area contributed by atoms with Crippen molar-refractivity contribution in [2.75, 3.05) is 7.11 Å². The quantitative estimate of drug-likeness (QED) is 0.448. The highest BCUT2D eigenvalue weighted by Gasteiger charge is 2.12. The molecule has 0 N–H and O–H groups in total. The number of methoxy groups -OCH3 is 1. The Balaban J connectivity index is 1.60. The lowest BCUT2D eigenvalue weighted by atomic mass is 10.1. The first kappa shape index (κ1) is 19.0. The number of fused-ring (bicyclic) bond motifs is 1. The van der Waals surface area contributed by atoms with Crippen LogP contribution in [-0.2, 0) is 19.6 Å². The van der Waals surface area contributed by atoms with Crippen molar-refractivity contribution in [1.29, 1.82) is 0 Å². The molecule has 0 amide bonds. The Kier molecular flexibility index (Phi) is 5.77. The summed E-state index contributed by atoms with van der Waals surface area (Å²) in [5.74, 6) is 0.618. The number of aromatic nitrogens is 2. The number of halogens is 1. The number of hydrogen-bond donors (Lipinski definition) is 0. The van der Waals surface area contributed by atoms with Gasteiger partial charge in [-0.05, 0) is 42.0 Å². The third-order valence-electron chi connectivity index (χ3n) is 4.82. The SMILES string of the molecule is COc1ccc2nc(CN(Cc3cccnc3)Cc3ccccc3F)ccc2c1. The molecule has 4 rings (SSSR count). The fraction of sp³-hybridized carbons (Fsp3) is 0.167. The zero-order valence-electron chi connectivity index (χ0n) is 16.3. The molecule has 0 bridgehead atoms. The average Bonchev–Trinajstić information content (AvgIpc) is 2.75. The Hall–Kier alpha value is -3.31. The second-order valence-corrected chi connectivity index (χ2v) is 6.96. The smallest absolute Gasteiger partial charge is 0.127 e. The van der Waals surface area contributed by atoms with Gasteiger partial charge in [-0.15, -0.1) is 0 Å². The zero-order valence-corrected chi connectivity index (χ0v) is 16.3. The van der Waals surface area contributed by atoms with Gasteiger partial charge in [-0.1, -0.05) is 30.3 Å². The highest BCUT2D eigenvalue weighted by atomic mass is 19.1. The summed E-state index contributed by atoms with van der Waals surface area (Å²) in [5, 5.41) is 1.03. The Bertz CT molecular complexity index is 1100. The predicted octanol–water partition coefficient (Wildman–Crippen LogP) is 4.98. The van der Waals surface area contributed by atoms with Crippen LogP contribution in [0.5, 0.6) is 5.75 Å². The molecular weight excluding hydrogens is 365 g/mol. The Morgan fingerprint density at radius 1 is 0.931 bits per heavy atom. The molecule has 0 saturated heterocycles. The summed E-state index contributed by atoms with van der Waals surface area (Å²) in [6.45, 7) is 1.75. The molecular formula is C24H22FN3O. The zero-order chi connectivity index (χ0) is 20.1. The van der Waals surface area contributed by atoms with E-state index in [0.29, 0.717) is 25.2 Å². The molecule has 0 radical (unpaired) electrons. The summed E-state index contributed by atoms with van der Waals surface area (Å²) in [6.07, 6.45) is 3.60. The molecule has 0 aliphatic heterocycles. The molecule has 0 aliphatic carbocycles. The molecule has 0 spiro atoms. The van der Waals surface area contributed by atoms with Gasteiger partial charge >= 0.3 is 0 Å². The molecule has 146 valence electrons. The van der Waals surface area contributed by atoms with Crippen LogP contribution in [0.15, 0.2) is 79.1 Å². The average molecular weight is 387 g/mol. The summed E-state index contributed by atoms with van der Waals surface area (Å²) in [6, 6.07) is 20.7. The first-order chi connectivity index (χ1) is 14.2. The van der Waals surface area contributed by atoms with Crippen molar-refractivity contribution in [2.24, 2.45) is 0 Å². The van der Waals surface area contributed by atoms with E-state index in [2.05, 4.69) is 9.88 Å². The van der Waals surface area contributed by atoms with Gasteiger partial charge in [0.15, 0.2) is 0 Å². The third-order valence-corrected chi connectivity index (χ3v) is 4.82. The molecule has 2 heterocycles. The molecule has 29 heavy (non-hydrogen) atoms. The van der Waals surface area contributed by atoms with E-state index in [-0.39, 0.29) is 5.82 Å². The Morgan fingerprint density at radius 3 is 2.62 bits per heavy atom. The van der Waals surface area contributed by atoms with Crippen molar-refractivity contribution in [1.82, 2.24) is 14.9 Å². The molecule has 4 nitrogen and oxygen atoms in total. The van der Waals surface area contributed by atoms with Crippen LogP contribution >= 0.6 is 0 Å². The first-order valence-corrected chi connectivity index (χ1v) is 9.49. The van der Waals surface area contributed by atoms with Crippen molar-refractivity contribution in [3.63, 3.8) is 0 Å². The second-order valence-electron chi connectivity index (χ2n) is 6.96. The van der Waals surface area contributed by atoms with E-state index < -0.39 is 0 Å². The molecule has 0 saturated carbocycles. The number of nitrogens with zero attached hydrogens (tertiary/aromatic N) is 3. The van der Waals surface area contributed by atoms with Crippen LogP contribution in [0.4, 0.5) is 4.39 Å². The highest BCUT2D eigenvalue weighted by Crippen LogP contribution is 2.21. The van der Waals surface area contributed by atoms with Gasteiger partial charge in [0, 0.05) is 43.0 Å². The summed E-state index contributed by atoms with van der Waals surface area (Å²) in [5.41, 5.74) is 3.59. The number of rotatable bonds is 7. The maximum absolute atomic E-state index is 14.2. The Morgan fingerprint density at radius 2 is 1.83 bits per heavy atom. The van der Waals surface area contributed by atoms with Crippen LogP contribution in [0.25, 0.3) is 10.9 Å². The minimum Gasteiger partial charge on any atom is -0.497 e. The normalized spacial score (nSPS) is 11.1. The molecule has 2 aromatic carbocycles. The molecule has 4 aromatic rings. The van der Waals surface area contributed by atoms with Crippen molar-refractivity contribution < 1.29 is 9.13 Å². The number of pyridine rings is 2. The van der Waals surface area contributed by atoms with Crippen molar-refractivity contribution in [3.8, 4) is 5.75 Å². The van der Waals surface area contributed by atoms with Gasteiger partial charge in [0.05, 0.1) is 18.3 Å². The van der Waals surface area contributed by atoms with E-state index in [1.807, 2.05) is 60.8 Å². The standard InChI is InChI=1S/C24H22FN3O/c1-29-22-10-11-24-19(13-22)8-9-21(27-24)17-28(15-18-5-4-12-26-14-18)16-20-6-2-3-7-23(20)25/h2-14H,15-17H2,1H3. The number of benzene rings is 2. The molecule has 5 heteroatoms. The molecule has 0 aliphatic rings. The predicted molar refractivity (Wildman–Crippen MR) is 112 cm³/mol. The van der Waals surface area contributed by atoms with Gasteiger partial charge in [-0.3, -0.25) is 14.9 Å². The molecule has 2 aromatic heterocycles. The Labute approximate surface area is 169 Å². The van der Waals surface area contributed by atoms with E-state index in [1.165, 1.54) is 6.07 Å². The van der Waals surface area contributed by atoms with E-state index in [9.17, 15) is 4.39 Å². The lowest BCUT2D eigenvalue weighted by Gasteiger charge is -2.22. The van der Waals surface area contributed by atoms with E-state index in [4.69, 9.17) is 9.72 Å². The fourth-order valence-electron chi connectivity index (χ4n) is 3.38. The van der Waals surface area contributed by atoms with E-state index in [0.717, 1.165) is 27.9 Å². The van der Waals surface area contributed by atoms with Gasteiger partial charge in [0.2, 0.25) is 0 Å². The highest BCUT2D eigenvalue weighted by molar-refractivity contribution is 5.80. The summed E-state index contributed by atoms with van der Waals surface area (Å²) < 4.78 is 19.5. The van der Waals surface area contributed by atoms with E-state index >= 15 is 0 Å². The maximum Gasteiger partial charge on any atom is 0.127 e. The number of ether oxygens (including phenoxy) is 1. The van der Waals surface area contributed by atoms with Gasteiger partial charge < -0.3 is 4.74 Å². The minimum absolute atomic E-state index is 0.192. The fourth-order valence-corrected chi connectivity index (χ4v) is 3.38. The van der Waals surface area contributed by atoms with Crippen molar-refractivity contribution in [3.05, 3.63) is 102 Å². The van der Waals surface area contributed by atoms with Crippen LogP contribution in [0.3, 0.4) is 0 Å². The van der Waals surface area contributed by atoms with Gasteiger partial charge in [0.1, 0.15) is 11.6 Å². The van der Waals surface area contributed by atoms with Crippen LogP contribution in [-0.4, -0.2) is 22.0 Å². The van der Waals surface area contributed by atoms with Crippen LogP contribution in [0.1, 0.15) is 16.8 Å². The van der Waals surface area contributed by atoms with Crippen LogP contribution in [0, 0.1) is 5.82 Å². The molecule has 0 atom stereocenters. The van der Waals surface area contributed by atoms with E-state index in [1.54, 1.807) is 19.4 Å². The first-order valence-electron chi connectivity index (χ1n) is 9.49. The second kappa shape index (κ2) is 8.80. The largest absolute Gasteiger partial charge is 0.497 e. The van der Waals surface area contributed by atoms with Gasteiger partial charge in [-0.25, -0.2) is 4.39 Å². The van der Waals surface area contributed by atoms with Crippen molar-refractivity contribution >= 4 is 10.9 Å². The molecule has 0 fully saturated rings. The number of hydrogen-bond acceptors (Lipinski definition) is 4. The van der Waals surface area contributed by atoms with Crippen LogP contribution < -0.4 is 4.74 Å². The lowest BCUT2D eigenvalue weighted by Crippen LogP contribution is -2.23. The monoisotopic (exact) mass is 387 g/mol. The van der Waals surface area contributed by atoms with Crippen LogP contribution in [0.2, 0.25) is 0 Å². The maximum atomic E-state index is 14.2. The van der Waals surface area contributed by atoms with Gasteiger partial charge in [-0.2, -0.15) is 0 Å². The summed E-state index contributed by atoms with van der Waals surface area (Å²) in [4.78, 5) is 11.2. The van der Waals surface area contributed by atoms with Gasteiger partial charge in [0.25, 0.3) is 0 Å².